The molecular weight excluding hydrogens is 374 g/mol. The van der Waals surface area contributed by atoms with Gasteiger partial charge in [0, 0.05) is 5.56 Å². The summed E-state index contributed by atoms with van der Waals surface area (Å²) in [5.41, 5.74) is 5.85. The Morgan fingerprint density at radius 2 is 1.60 bits per heavy atom. The van der Waals surface area contributed by atoms with E-state index in [4.69, 9.17) is 28.9 Å². The van der Waals surface area contributed by atoms with Gasteiger partial charge in [-0.25, -0.2) is 4.68 Å². The van der Waals surface area contributed by atoms with E-state index < -0.39 is 11.9 Å². The van der Waals surface area contributed by atoms with Gasteiger partial charge in [0.05, 0.1) is 21.3 Å². The Balaban J connectivity index is 2.35. The summed E-state index contributed by atoms with van der Waals surface area (Å²) in [6.45, 7) is 1.82. The Labute approximate surface area is 151 Å². The quantitative estimate of drug-likeness (QED) is 0.609. The van der Waals surface area contributed by atoms with E-state index in [1.54, 1.807) is 24.3 Å². The number of alkyl halides is 3. The molecule has 0 aliphatic carbocycles. The number of benzene rings is 2. The first-order valence-electron chi connectivity index (χ1n) is 7.17. The van der Waals surface area contributed by atoms with Gasteiger partial charge in [-0.05, 0) is 36.8 Å². The fourth-order valence-corrected chi connectivity index (χ4v) is 3.16. The predicted molar refractivity (Wildman–Crippen MR) is 93.2 cm³/mol. The maximum Gasteiger partial charge on any atom is 0.435 e. The molecule has 0 aliphatic rings. The molecule has 25 heavy (non-hydrogen) atoms. The smallest absolute Gasteiger partial charge is 0.383 e. The van der Waals surface area contributed by atoms with Gasteiger partial charge >= 0.3 is 6.18 Å². The zero-order chi connectivity index (χ0) is 18.4. The SMILES string of the molecule is Cc1cccc(-n2nc(C(F)(F)F)c(-c3c(Cl)cccc3Cl)c2N)c1. The van der Waals surface area contributed by atoms with E-state index in [2.05, 4.69) is 5.10 Å². The molecule has 0 saturated heterocycles. The maximum absolute atomic E-state index is 13.6. The monoisotopic (exact) mass is 385 g/mol. The molecule has 8 heteroatoms. The molecule has 3 nitrogen and oxygen atoms in total. The van der Waals surface area contributed by atoms with Crippen LogP contribution in [0.25, 0.3) is 16.8 Å². The van der Waals surface area contributed by atoms with Gasteiger partial charge in [-0.1, -0.05) is 41.4 Å². The molecule has 2 aromatic carbocycles. The summed E-state index contributed by atoms with van der Waals surface area (Å²) in [5, 5.41) is 3.83. The van der Waals surface area contributed by atoms with Crippen molar-refractivity contribution < 1.29 is 13.2 Å². The molecule has 1 heterocycles. The Kier molecular flexibility index (Phi) is 4.43. The maximum atomic E-state index is 13.6. The molecule has 0 amide bonds. The highest BCUT2D eigenvalue weighted by Gasteiger charge is 2.40. The summed E-state index contributed by atoms with van der Waals surface area (Å²) < 4.78 is 41.8. The number of rotatable bonds is 2. The van der Waals surface area contributed by atoms with Crippen LogP contribution in [0.1, 0.15) is 11.3 Å². The van der Waals surface area contributed by atoms with Gasteiger partial charge in [-0.2, -0.15) is 18.3 Å². The third-order valence-corrected chi connectivity index (χ3v) is 4.28. The molecule has 130 valence electrons. The van der Waals surface area contributed by atoms with Crippen molar-refractivity contribution in [3.63, 3.8) is 0 Å². The number of hydrogen-bond donors (Lipinski definition) is 1. The van der Waals surface area contributed by atoms with Crippen LogP contribution in [-0.4, -0.2) is 9.78 Å². The van der Waals surface area contributed by atoms with E-state index in [1.807, 2.05) is 13.0 Å². The largest absolute Gasteiger partial charge is 0.435 e. The van der Waals surface area contributed by atoms with Gasteiger partial charge in [0.2, 0.25) is 0 Å². The van der Waals surface area contributed by atoms with Gasteiger partial charge in [0.25, 0.3) is 0 Å². The minimum Gasteiger partial charge on any atom is -0.383 e. The number of aryl methyl sites for hydroxylation is 1. The molecule has 0 saturated carbocycles. The molecular formula is C17H12Cl2F3N3. The Hall–Kier alpha value is -2.18. The number of nitrogens with zero attached hydrogens (tertiary/aromatic N) is 2. The van der Waals surface area contributed by atoms with Gasteiger partial charge in [-0.15, -0.1) is 0 Å². The first-order chi connectivity index (χ1) is 11.7. The molecule has 0 fully saturated rings. The summed E-state index contributed by atoms with van der Waals surface area (Å²) in [5.74, 6) is -0.187. The topological polar surface area (TPSA) is 43.8 Å². The van der Waals surface area contributed by atoms with Crippen LogP contribution in [0.4, 0.5) is 19.0 Å². The van der Waals surface area contributed by atoms with Crippen LogP contribution in [0.5, 0.6) is 0 Å². The zero-order valence-electron chi connectivity index (χ0n) is 12.9. The second-order valence-electron chi connectivity index (χ2n) is 5.45. The van der Waals surface area contributed by atoms with Crippen molar-refractivity contribution in [3.8, 4) is 16.8 Å². The van der Waals surface area contributed by atoms with E-state index in [0.29, 0.717) is 5.69 Å². The molecule has 0 unspecified atom stereocenters. The third kappa shape index (κ3) is 3.19. The summed E-state index contributed by atoms with van der Waals surface area (Å²) >= 11 is 12.2. The lowest BCUT2D eigenvalue weighted by Gasteiger charge is -2.10. The molecule has 0 spiro atoms. The average Bonchev–Trinajstić information content (AvgIpc) is 2.85. The molecule has 3 rings (SSSR count). The Morgan fingerprint density at radius 1 is 1.00 bits per heavy atom. The van der Waals surface area contributed by atoms with Crippen LogP contribution in [0.15, 0.2) is 42.5 Å². The highest BCUT2D eigenvalue weighted by atomic mass is 35.5. The summed E-state index contributed by atoms with van der Waals surface area (Å²) in [7, 11) is 0. The Bertz CT molecular complexity index is 929. The van der Waals surface area contributed by atoms with Crippen molar-refractivity contribution in [2.24, 2.45) is 0 Å². The highest BCUT2D eigenvalue weighted by molar-refractivity contribution is 6.39. The molecule has 3 aromatic rings. The minimum absolute atomic E-state index is 0.00885. The molecule has 0 aliphatic heterocycles. The number of nitrogens with two attached hydrogens (primary N) is 1. The van der Waals surface area contributed by atoms with Crippen molar-refractivity contribution >= 4 is 29.0 Å². The zero-order valence-corrected chi connectivity index (χ0v) is 14.4. The van der Waals surface area contributed by atoms with Crippen molar-refractivity contribution in [2.75, 3.05) is 5.73 Å². The van der Waals surface area contributed by atoms with E-state index >= 15 is 0 Å². The second-order valence-corrected chi connectivity index (χ2v) is 6.27. The van der Waals surface area contributed by atoms with E-state index in [9.17, 15) is 13.2 Å². The lowest BCUT2D eigenvalue weighted by Crippen LogP contribution is -2.08. The summed E-state index contributed by atoms with van der Waals surface area (Å²) in [6.07, 6.45) is -4.72. The van der Waals surface area contributed by atoms with Crippen molar-refractivity contribution in [1.82, 2.24) is 9.78 Å². The molecule has 0 atom stereocenters. The predicted octanol–water partition coefficient (Wildman–Crippen LogP) is 5.76. The van der Waals surface area contributed by atoms with Crippen LogP contribution in [0.3, 0.4) is 0 Å². The normalized spacial score (nSPS) is 11.8. The summed E-state index contributed by atoms with van der Waals surface area (Å²) in [6, 6.07) is 11.3. The highest BCUT2D eigenvalue weighted by Crippen LogP contribution is 2.45. The molecule has 0 radical (unpaired) electrons. The first-order valence-corrected chi connectivity index (χ1v) is 7.93. The van der Waals surface area contributed by atoms with E-state index in [1.165, 1.54) is 12.1 Å². The van der Waals surface area contributed by atoms with Crippen molar-refractivity contribution in [2.45, 2.75) is 13.1 Å². The van der Waals surface area contributed by atoms with Crippen LogP contribution in [0, 0.1) is 6.92 Å². The van der Waals surface area contributed by atoms with Crippen LogP contribution >= 0.6 is 23.2 Å². The number of aromatic nitrogens is 2. The standard InChI is InChI=1S/C17H12Cl2F3N3/c1-9-4-2-5-10(8-9)25-16(23)14(15(24-25)17(20,21)22)13-11(18)6-3-7-12(13)19/h2-8H,23H2,1H3. The second kappa shape index (κ2) is 6.28. The number of anilines is 1. The lowest BCUT2D eigenvalue weighted by molar-refractivity contribution is -0.140. The number of halogens is 5. The minimum atomic E-state index is -4.72. The lowest BCUT2D eigenvalue weighted by atomic mass is 10.0. The van der Waals surface area contributed by atoms with Gasteiger partial charge < -0.3 is 5.73 Å². The fourth-order valence-electron chi connectivity index (χ4n) is 2.57. The van der Waals surface area contributed by atoms with Crippen LogP contribution < -0.4 is 5.73 Å². The van der Waals surface area contributed by atoms with E-state index in [-0.39, 0.29) is 27.0 Å². The third-order valence-electron chi connectivity index (χ3n) is 3.65. The van der Waals surface area contributed by atoms with Crippen molar-refractivity contribution in [1.29, 1.82) is 0 Å². The molecule has 2 N–H and O–H groups in total. The average molecular weight is 386 g/mol. The van der Waals surface area contributed by atoms with Crippen LogP contribution in [-0.2, 0) is 6.18 Å². The van der Waals surface area contributed by atoms with Crippen LogP contribution in [0.2, 0.25) is 10.0 Å². The van der Waals surface area contributed by atoms with Gasteiger partial charge in [0.15, 0.2) is 5.69 Å². The molecule has 1 aromatic heterocycles. The van der Waals surface area contributed by atoms with E-state index in [0.717, 1.165) is 10.2 Å². The number of nitrogen functional groups attached to an aromatic ring is 1. The van der Waals surface area contributed by atoms with Crippen molar-refractivity contribution in [3.05, 3.63) is 63.8 Å². The first kappa shape index (κ1) is 17.6. The molecule has 0 bridgehead atoms. The number of hydrogen-bond acceptors (Lipinski definition) is 2. The van der Waals surface area contributed by atoms with Gasteiger partial charge in [0.1, 0.15) is 5.82 Å². The Morgan fingerprint density at radius 3 is 2.16 bits per heavy atom. The summed E-state index contributed by atoms with van der Waals surface area (Å²) in [4.78, 5) is 0. The fraction of sp³-hybridized carbons (Fsp3) is 0.118. The van der Waals surface area contributed by atoms with Gasteiger partial charge in [-0.3, -0.25) is 0 Å².